The molecule has 1 amide bonds. The van der Waals surface area contributed by atoms with Gasteiger partial charge in [-0.25, -0.2) is 9.19 Å². The third-order valence-corrected chi connectivity index (χ3v) is 5.98. The summed E-state index contributed by atoms with van der Waals surface area (Å²) >= 11 is 1.97. The first-order valence-corrected chi connectivity index (χ1v) is 9.10. The molecule has 0 saturated carbocycles. The summed E-state index contributed by atoms with van der Waals surface area (Å²) in [5.74, 6) is -1.37. The number of carbonyl (C=O) groups is 2. The number of fused-ring (bicyclic) bond motifs is 1. The van der Waals surface area contributed by atoms with E-state index in [2.05, 4.69) is 4.40 Å². The summed E-state index contributed by atoms with van der Waals surface area (Å²) in [7, 11) is 0. The van der Waals surface area contributed by atoms with Crippen molar-refractivity contribution in [2.24, 2.45) is 4.40 Å². The minimum absolute atomic E-state index is 0.0374. The lowest BCUT2D eigenvalue weighted by molar-refractivity contribution is -0.396. The van der Waals surface area contributed by atoms with Crippen LogP contribution in [-0.2, 0) is 9.59 Å². The average molecular weight is 410 g/mol. The fourth-order valence-corrected chi connectivity index (χ4v) is 4.55. The van der Waals surface area contributed by atoms with Crippen molar-refractivity contribution in [3.8, 4) is 0 Å². The van der Waals surface area contributed by atoms with E-state index in [9.17, 15) is 34.9 Å². The van der Waals surface area contributed by atoms with Gasteiger partial charge in [0.15, 0.2) is 0 Å². The van der Waals surface area contributed by atoms with Crippen LogP contribution in [-0.4, -0.2) is 48.6 Å². The lowest BCUT2D eigenvalue weighted by atomic mass is 10.1. The number of nitrogens with zero attached hydrogens (tertiary/aromatic N) is 4. The number of aliphatic carboxylic acids is 1. The summed E-state index contributed by atoms with van der Waals surface area (Å²) in [5, 5.41) is 30.6. The number of carboxylic acid groups (broad SMARTS) is 1. The van der Waals surface area contributed by atoms with Gasteiger partial charge in [-0.3, -0.25) is 29.9 Å². The van der Waals surface area contributed by atoms with Crippen LogP contribution in [0.3, 0.4) is 0 Å². The van der Waals surface area contributed by atoms with Gasteiger partial charge in [-0.05, 0) is 18.6 Å². The SMILES string of the molecule is CC1=C(C(=O)O)N2C(=O)C(=NSc3ccc([N+](=O)[O-])cc3[N+](=O)[O-])[C@@H]2SC1. The molecule has 2 aliphatic heterocycles. The normalized spacial score (nSPS) is 20.3. The summed E-state index contributed by atoms with van der Waals surface area (Å²) in [5.41, 5.74) is -0.354. The van der Waals surface area contributed by atoms with Crippen molar-refractivity contribution in [1.29, 1.82) is 0 Å². The van der Waals surface area contributed by atoms with E-state index in [0.29, 0.717) is 23.3 Å². The first kappa shape index (κ1) is 18.8. The number of carbonyl (C=O) groups excluding carboxylic acids is 1. The lowest BCUT2D eigenvalue weighted by Gasteiger charge is -2.44. The maximum atomic E-state index is 12.3. The molecule has 1 saturated heterocycles. The molecule has 0 bridgehead atoms. The third kappa shape index (κ3) is 3.26. The molecule has 0 aromatic heterocycles. The molecule has 2 aliphatic rings. The van der Waals surface area contributed by atoms with Crippen LogP contribution in [0.2, 0.25) is 0 Å². The monoisotopic (exact) mass is 410 g/mol. The molecule has 2 heterocycles. The second-order valence-electron chi connectivity index (χ2n) is 5.51. The zero-order valence-corrected chi connectivity index (χ0v) is 15.2. The number of thioether (sulfide) groups is 1. The summed E-state index contributed by atoms with van der Waals surface area (Å²) < 4.78 is 4.03. The highest BCUT2D eigenvalue weighted by atomic mass is 32.2. The highest BCUT2D eigenvalue weighted by Crippen LogP contribution is 2.40. The van der Waals surface area contributed by atoms with Crippen molar-refractivity contribution in [3.05, 3.63) is 49.7 Å². The number of nitro groups is 2. The zero-order chi connectivity index (χ0) is 19.9. The van der Waals surface area contributed by atoms with Gasteiger partial charge in [0, 0.05) is 23.8 Å². The van der Waals surface area contributed by atoms with Gasteiger partial charge in [0.1, 0.15) is 21.7 Å². The Bertz CT molecular complexity index is 959. The molecule has 27 heavy (non-hydrogen) atoms. The van der Waals surface area contributed by atoms with Gasteiger partial charge in [-0.15, -0.1) is 11.8 Å². The second-order valence-corrected chi connectivity index (χ2v) is 7.38. The van der Waals surface area contributed by atoms with Crippen molar-refractivity contribution in [2.45, 2.75) is 17.2 Å². The molecule has 140 valence electrons. The van der Waals surface area contributed by atoms with E-state index in [-0.39, 0.29) is 16.3 Å². The Morgan fingerprint density at radius 2 is 2.07 bits per heavy atom. The van der Waals surface area contributed by atoms with Crippen molar-refractivity contribution in [1.82, 2.24) is 4.90 Å². The predicted octanol–water partition coefficient (Wildman–Crippen LogP) is 2.22. The van der Waals surface area contributed by atoms with Crippen LogP contribution in [0.25, 0.3) is 0 Å². The van der Waals surface area contributed by atoms with Crippen LogP contribution in [0.4, 0.5) is 11.4 Å². The van der Waals surface area contributed by atoms with Crippen molar-refractivity contribution in [2.75, 3.05) is 5.75 Å². The first-order chi connectivity index (χ1) is 12.7. The molecule has 3 rings (SSSR count). The standard InChI is InChI=1S/C14H10N4O7S2/c1-6-5-26-13-10(12(19)16(13)11(6)14(20)21)15-27-9-3-2-7(17(22)23)4-8(9)18(24)25/h2-4,13H,5H2,1H3,(H,20,21)/t13-/m0/s1. The maximum Gasteiger partial charge on any atom is 0.352 e. The van der Waals surface area contributed by atoms with Gasteiger partial charge in [0.05, 0.1) is 15.9 Å². The molecule has 1 atom stereocenters. The van der Waals surface area contributed by atoms with E-state index in [1.54, 1.807) is 6.92 Å². The van der Waals surface area contributed by atoms with Crippen LogP contribution in [0.15, 0.2) is 38.8 Å². The fraction of sp³-hybridized carbons (Fsp3) is 0.214. The number of hydrogen-bond donors (Lipinski definition) is 1. The van der Waals surface area contributed by atoms with Crippen molar-refractivity contribution in [3.63, 3.8) is 0 Å². The van der Waals surface area contributed by atoms with Crippen LogP contribution in [0.1, 0.15) is 6.92 Å². The minimum Gasteiger partial charge on any atom is -0.477 e. The number of rotatable bonds is 5. The number of amides is 1. The van der Waals surface area contributed by atoms with Gasteiger partial charge >= 0.3 is 5.97 Å². The molecular weight excluding hydrogens is 400 g/mol. The highest BCUT2D eigenvalue weighted by molar-refractivity contribution is 8.01. The Morgan fingerprint density at radius 1 is 1.37 bits per heavy atom. The quantitative estimate of drug-likeness (QED) is 0.333. The summed E-state index contributed by atoms with van der Waals surface area (Å²) in [6.45, 7) is 1.63. The molecular formula is C14H10N4O7S2. The molecule has 11 nitrogen and oxygen atoms in total. The number of carboxylic acids is 1. The zero-order valence-electron chi connectivity index (χ0n) is 13.5. The molecule has 0 spiro atoms. The van der Waals surface area contributed by atoms with Gasteiger partial charge in [-0.1, -0.05) is 0 Å². The van der Waals surface area contributed by atoms with Gasteiger partial charge < -0.3 is 5.11 Å². The maximum absolute atomic E-state index is 12.3. The van der Waals surface area contributed by atoms with E-state index in [1.165, 1.54) is 17.8 Å². The van der Waals surface area contributed by atoms with E-state index in [1.807, 2.05) is 0 Å². The Labute approximate surface area is 159 Å². The van der Waals surface area contributed by atoms with E-state index < -0.39 is 38.5 Å². The van der Waals surface area contributed by atoms with Crippen LogP contribution >= 0.6 is 23.7 Å². The van der Waals surface area contributed by atoms with E-state index >= 15 is 0 Å². The molecule has 0 unspecified atom stereocenters. The predicted molar refractivity (Wildman–Crippen MR) is 96.5 cm³/mol. The highest BCUT2D eigenvalue weighted by Gasteiger charge is 2.50. The van der Waals surface area contributed by atoms with Crippen LogP contribution in [0.5, 0.6) is 0 Å². The van der Waals surface area contributed by atoms with Crippen molar-refractivity contribution >= 4 is 52.7 Å². The fourth-order valence-electron chi connectivity index (χ4n) is 2.55. The first-order valence-electron chi connectivity index (χ1n) is 7.28. The molecule has 13 heteroatoms. The topological polar surface area (TPSA) is 156 Å². The molecule has 1 fully saturated rings. The number of benzene rings is 1. The summed E-state index contributed by atoms with van der Waals surface area (Å²) in [6.07, 6.45) is 0. The largest absolute Gasteiger partial charge is 0.477 e. The van der Waals surface area contributed by atoms with Gasteiger partial charge in [0.25, 0.3) is 17.3 Å². The summed E-state index contributed by atoms with van der Waals surface area (Å²) in [6, 6.07) is 3.11. The van der Waals surface area contributed by atoms with Gasteiger partial charge in [0.2, 0.25) is 0 Å². The molecule has 0 radical (unpaired) electrons. The molecule has 1 aromatic rings. The minimum atomic E-state index is -1.20. The number of β-lactam (4-membered cyclic amide) rings is 1. The third-order valence-electron chi connectivity index (χ3n) is 3.80. The van der Waals surface area contributed by atoms with Crippen molar-refractivity contribution < 1.29 is 24.5 Å². The Hall–Kier alpha value is -2.93. The smallest absolute Gasteiger partial charge is 0.352 e. The van der Waals surface area contributed by atoms with E-state index in [0.717, 1.165) is 17.0 Å². The molecule has 1 aromatic carbocycles. The van der Waals surface area contributed by atoms with Gasteiger partial charge in [-0.2, -0.15) is 0 Å². The number of non-ortho nitro benzene ring substituents is 1. The summed E-state index contributed by atoms with van der Waals surface area (Å²) in [4.78, 5) is 45.2. The second kappa shape index (κ2) is 7.00. The Kier molecular flexibility index (Phi) is 4.89. The Balaban J connectivity index is 1.87. The van der Waals surface area contributed by atoms with Crippen LogP contribution < -0.4 is 0 Å². The average Bonchev–Trinajstić information content (AvgIpc) is 2.61. The van der Waals surface area contributed by atoms with Crippen LogP contribution in [0, 0.1) is 20.2 Å². The molecule has 0 aliphatic carbocycles. The number of nitro benzene ring substituents is 2. The van der Waals surface area contributed by atoms with E-state index in [4.69, 9.17) is 0 Å². The molecule has 1 N–H and O–H groups in total. The lowest BCUT2D eigenvalue weighted by Crippen LogP contribution is -2.62. The Morgan fingerprint density at radius 3 is 2.67 bits per heavy atom. The number of hydrogen-bond acceptors (Lipinski definition) is 9.